The largest absolute Gasteiger partial charge is 0.324 e. The number of rotatable bonds is 3. The number of nitrogens with two attached hydrogens (primary N) is 1. The summed E-state index contributed by atoms with van der Waals surface area (Å²) in [5, 5.41) is 0. The van der Waals surface area contributed by atoms with Gasteiger partial charge in [0.25, 0.3) is 0 Å². The molecule has 0 saturated heterocycles. The van der Waals surface area contributed by atoms with Crippen LogP contribution < -0.4 is 5.73 Å². The molecular formula is C14H15FN2. The van der Waals surface area contributed by atoms with E-state index in [1.807, 2.05) is 18.2 Å². The Balaban J connectivity index is 2.14. The summed E-state index contributed by atoms with van der Waals surface area (Å²) in [5.41, 5.74) is 8.59. The van der Waals surface area contributed by atoms with E-state index in [2.05, 4.69) is 4.98 Å². The third kappa shape index (κ3) is 2.88. The zero-order valence-electron chi connectivity index (χ0n) is 9.73. The molecule has 2 N–H and O–H groups in total. The van der Waals surface area contributed by atoms with Crippen molar-refractivity contribution in [1.29, 1.82) is 0 Å². The summed E-state index contributed by atoms with van der Waals surface area (Å²) in [6.45, 7) is 1.74. The molecule has 0 spiro atoms. The first-order chi connectivity index (χ1) is 8.16. The number of hydrogen-bond donors (Lipinski definition) is 1. The minimum absolute atomic E-state index is 0.149. The number of aryl methyl sites for hydroxylation is 1. The van der Waals surface area contributed by atoms with Gasteiger partial charge in [0.15, 0.2) is 0 Å². The monoisotopic (exact) mass is 230 g/mol. The van der Waals surface area contributed by atoms with Crippen LogP contribution in [0.15, 0.2) is 42.6 Å². The molecule has 0 fully saturated rings. The Labute approximate surface area is 100 Å². The van der Waals surface area contributed by atoms with Crippen LogP contribution >= 0.6 is 0 Å². The molecule has 0 aliphatic heterocycles. The van der Waals surface area contributed by atoms with E-state index in [9.17, 15) is 4.39 Å². The molecule has 1 unspecified atom stereocenters. The predicted octanol–water partition coefficient (Wildman–Crippen LogP) is 2.77. The number of pyridine rings is 1. The Morgan fingerprint density at radius 2 is 2.12 bits per heavy atom. The van der Waals surface area contributed by atoms with Gasteiger partial charge in [-0.25, -0.2) is 4.39 Å². The summed E-state index contributed by atoms with van der Waals surface area (Å²) in [5.74, 6) is -0.196. The molecule has 88 valence electrons. The van der Waals surface area contributed by atoms with Crippen molar-refractivity contribution in [2.24, 2.45) is 5.73 Å². The van der Waals surface area contributed by atoms with E-state index >= 15 is 0 Å². The van der Waals surface area contributed by atoms with E-state index in [0.717, 1.165) is 11.3 Å². The van der Waals surface area contributed by atoms with Crippen LogP contribution in [0.1, 0.15) is 22.9 Å². The standard InChI is InChI=1S/C14H15FN2/c1-10-8-11(5-6-13(10)15)14(16)9-12-4-2-3-7-17-12/h2-8,14H,9,16H2,1H3. The molecule has 2 nitrogen and oxygen atoms in total. The van der Waals surface area contributed by atoms with E-state index in [-0.39, 0.29) is 11.9 Å². The third-order valence-corrected chi connectivity index (χ3v) is 2.77. The molecule has 3 heteroatoms. The van der Waals surface area contributed by atoms with E-state index in [0.29, 0.717) is 12.0 Å². The molecule has 0 aliphatic carbocycles. The normalized spacial score (nSPS) is 12.4. The molecule has 2 rings (SSSR count). The van der Waals surface area contributed by atoms with Crippen molar-refractivity contribution in [3.05, 3.63) is 65.2 Å². The highest BCUT2D eigenvalue weighted by molar-refractivity contribution is 5.27. The molecular weight excluding hydrogens is 215 g/mol. The van der Waals surface area contributed by atoms with Gasteiger partial charge >= 0.3 is 0 Å². The Hall–Kier alpha value is -1.74. The van der Waals surface area contributed by atoms with Crippen LogP contribution in [0.3, 0.4) is 0 Å². The fraction of sp³-hybridized carbons (Fsp3) is 0.214. The third-order valence-electron chi connectivity index (χ3n) is 2.77. The van der Waals surface area contributed by atoms with Gasteiger partial charge in [0, 0.05) is 24.4 Å². The highest BCUT2D eigenvalue weighted by Crippen LogP contribution is 2.17. The maximum atomic E-state index is 13.1. The topological polar surface area (TPSA) is 38.9 Å². The zero-order chi connectivity index (χ0) is 12.3. The first-order valence-corrected chi connectivity index (χ1v) is 5.58. The second-order valence-corrected chi connectivity index (χ2v) is 4.14. The molecule has 0 radical (unpaired) electrons. The maximum Gasteiger partial charge on any atom is 0.126 e. The maximum absolute atomic E-state index is 13.1. The molecule has 17 heavy (non-hydrogen) atoms. The Bertz CT molecular complexity index is 497. The van der Waals surface area contributed by atoms with Crippen LogP contribution in [-0.2, 0) is 6.42 Å². The molecule has 0 saturated carbocycles. The van der Waals surface area contributed by atoms with Gasteiger partial charge in [-0.2, -0.15) is 0 Å². The molecule has 0 aliphatic rings. The van der Waals surface area contributed by atoms with E-state index in [1.54, 1.807) is 25.3 Å². The Morgan fingerprint density at radius 1 is 1.29 bits per heavy atom. The lowest BCUT2D eigenvalue weighted by Gasteiger charge is -2.12. The fourth-order valence-electron chi connectivity index (χ4n) is 1.76. The van der Waals surface area contributed by atoms with Gasteiger partial charge in [-0.05, 0) is 36.2 Å². The van der Waals surface area contributed by atoms with Crippen molar-refractivity contribution in [2.75, 3.05) is 0 Å². The predicted molar refractivity (Wildman–Crippen MR) is 66.0 cm³/mol. The summed E-state index contributed by atoms with van der Waals surface area (Å²) in [6.07, 6.45) is 2.41. The summed E-state index contributed by atoms with van der Waals surface area (Å²) >= 11 is 0. The molecule has 0 amide bonds. The van der Waals surface area contributed by atoms with Gasteiger partial charge in [0.05, 0.1) is 0 Å². The van der Waals surface area contributed by atoms with Crippen molar-refractivity contribution < 1.29 is 4.39 Å². The van der Waals surface area contributed by atoms with Crippen LogP contribution in [0, 0.1) is 12.7 Å². The molecule has 1 aromatic heterocycles. The minimum atomic E-state index is -0.196. The van der Waals surface area contributed by atoms with Crippen molar-refractivity contribution >= 4 is 0 Å². The number of benzene rings is 1. The van der Waals surface area contributed by atoms with Crippen LogP contribution in [0.4, 0.5) is 4.39 Å². The number of nitrogens with zero attached hydrogens (tertiary/aromatic N) is 1. The smallest absolute Gasteiger partial charge is 0.126 e. The van der Waals surface area contributed by atoms with Crippen LogP contribution in [-0.4, -0.2) is 4.98 Å². The molecule has 2 aromatic rings. The summed E-state index contributed by atoms with van der Waals surface area (Å²) in [6, 6.07) is 10.6. The fourth-order valence-corrected chi connectivity index (χ4v) is 1.76. The average molecular weight is 230 g/mol. The van der Waals surface area contributed by atoms with Crippen molar-refractivity contribution in [3.63, 3.8) is 0 Å². The molecule has 1 heterocycles. The van der Waals surface area contributed by atoms with Gasteiger partial charge in [0.2, 0.25) is 0 Å². The first kappa shape index (κ1) is 11.7. The SMILES string of the molecule is Cc1cc(C(N)Cc2ccccn2)ccc1F. The quantitative estimate of drug-likeness (QED) is 0.880. The highest BCUT2D eigenvalue weighted by Gasteiger charge is 2.09. The highest BCUT2D eigenvalue weighted by atomic mass is 19.1. The Kier molecular flexibility index (Phi) is 3.49. The molecule has 0 bridgehead atoms. The van der Waals surface area contributed by atoms with Crippen LogP contribution in [0.5, 0.6) is 0 Å². The van der Waals surface area contributed by atoms with Gasteiger partial charge in [-0.15, -0.1) is 0 Å². The lowest BCUT2D eigenvalue weighted by Crippen LogP contribution is -2.14. The van der Waals surface area contributed by atoms with Gasteiger partial charge in [-0.3, -0.25) is 4.98 Å². The zero-order valence-corrected chi connectivity index (χ0v) is 9.73. The summed E-state index contributed by atoms with van der Waals surface area (Å²) < 4.78 is 13.1. The number of halogens is 1. The van der Waals surface area contributed by atoms with Crippen LogP contribution in [0.2, 0.25) is 0 Å². The van der Waals surface area contributed by atoms with E-state index in [1.165, 1.54) is 6.07 Å². The minimum Gasteiger partial charge on any atom is -0.324 e. The van der Waals surface area contributed by atoms with Crippen molar-refractivity contribution in [2.45, 2.75) is 19.4 Å². The first-order valence-electron chi connectivity index (χ1n) is 5.58. The van der Waals surface area contributed by atoms with Crippen molar-refractivity contribution in [1.82, 2.24) is 4.98 Å². The Morgan fingerprint density at radius 3 is 2.76 bits per heavy atom. The summed E-state index contributed by atoms with van der Waals surface area (Å²) in [7, 11) is 0. The van der Waals surface area contributed by atoms with Crippen molar-refractivity contribution in [3.8, 4) is 0 Å². The number of hydrogen-bond acceptors (Lipinski definition) is 2. The number of aromatic nitrogens is 1. The second kappa shape index (κ2) is 5.06. The van der Waals surface area contributed by atoms with E-state index in [4.69, 9.17) is 5.73 Å². The molecule has 1 atom stereocenters. The lowest BCUT2D eigenvalue weighted by molar-refractivity contribution is 0.614. The lowest BCUT2D eigenvalue weighted by atomic mass is 10.0. The van der Waals surface area contributed by atoms with Gasteiger partial charge in [0.1, 0.15) is 5.82 Å². The van der Waals surface area contributed by atoms with Gasteiger partial charge < -0.3 is 5.73 Å². The molecule has 1 aromatic carbocycles. The average Bonchev–Trinajstić information content (AvgIpc) is 2.34. The van der Waals surface area contributed by atoms with E-state index < -0.39 is 0 Å². The van der Waals surface area contributed by atoms with Crippen LogP contribution in [0.25, 0.3) is 0 Å². The van der Waals surface area contributed by atoms with Gasteiger partial charge in [-0.1, -0.05) is 18.2 Å². The summed E-state index contributed by atoms with van der Waals surface area (Å²) in [4.78, 5) is 4.23. The second-order valence-electron chi connectivity index (χ2n) is 4.14.